The van der Waals surface area contributed by atoms with E-state index in [0.717, 1.165) is 10.6 Å². The zero-order chi connectivity index (χ0) is 10.4. The maximum atomic E-state index is 11.7. The number of fused-ring (bicyclic) bond motifs is 2. The van der Waals surface area contributed by atoms with E-state index in [1.54, 1.807) is 0 Å². The zero-order valence-electron chi connectivity index (χ0n) is 8.27. The lowest BCUT2D eigenvalue weighted by molar-refractivity contribution is -0.121. The molecule has 0 fully saturated rings. The summed E-state index contributed by atoms with van der Waals surface area (Å²) in [4.78, 5) is 27.1. The van der Waals surface area contributed by atoms with Crippen molar-refractivity contribution < 1.29 is 9.59 Å². The van der Waals surface area contributed by atoms with Crippen molar-refractivity contribution in [3.8, 4) is 0 Å². The third-order valence-electron chi connectivity index (χ3n) is 2.58. The Morgan fingerprint density at radius 2 is 1.88 bits per heavy atom. The molecule has 2 aliphatic rings. The fraction of sp³-hybridized carbons (Fsp3) is 0.0833. The molecule has 1 heterocycles. The third kappa shape index (κ3) is 1.41. The summed E-state index contributed by atoms with van der Waals surface area (Å²) in [5.74, 6) is -0.276. The predicted octanol–water partition coefficient (Wildman–Crippen LogP) is 0.318. The lowest BCUT2D eigenvalue weighted by Crippen LogP contribution is -2.26. The fourth-order valence-electron chi connectivity index (χ4n) is 1.95. The van der Waals surface area contributed by atoms with Gasteiger partial charge >= 0.3 is 0 Å². The van der Waals surface area contributed by atoms with Crippen molar-refractivity contribution in [2.45, 2.75) is 6.42 Å². The number of para-hydroxylation sites is 1. The topological polar surface area (TPSA) is 46.5 Å². The minimum absolute atomic E-state index is 0. The first-order valence-corrected chi connectivity index (χ1v) is 4.72. The first-order chi connectivity index (χ1) is 7.25. The highest BCUT2D eigenvalue weighted by Crippen LogP contribution is 2.21. The molecule has 4 heteroatoms. The Labute approximate surface area is 97.6 Å². The van der Waals surface area contributed by atoms with Gasteiger partial charge in [0.2, 0.25) is 0 Å². The highest BCUT2D eigenvalue weighted by atomic mass is 35.5. The molecule has 1 aromatic carbocycles. The first kappa shape index (κ1) is 10.8. The van der Waals surface area contributed by atoms with Crippen LogP contribution < -0.4 is 10.6 Å². The maximum absolute atomic E-state index is 11.7. The standard InChI is InChI=1S/C12H7NO2.ClH/c14-7-5-10-12(11(15)6-7)8-3-1-2-4-9(8)13-10;/h1-5H,6H2;1H. The highest BCUT2D eigenvalue weighted by molar-refractivity contribution is 6.30. The van der Waals surface area contributed by atoms with Gasteiger partial charge in [-0.25, -0.2) is 4.99 Å². The van der Waals surface area contributed by atoms with Gasteiger partial charge in [-0.1, -0.05) is 18.2 Å². The van der Waals surface area contributed by atoms with E-state index < -0.39 is 0 Å². The van der Waals surface area contributed by atoms with Gasteiger partial charge in [0, 0.05) is 11.3 Å². The molecule has 80 valence electrons. The van der Waals surface area contributed by atoms with Crippen LogP contribution in [0.5, 0.6) is 0 Å². The molecule has 0 unspecified atom stereocenters. The average Bonchev–Trinajstić information content (AvgIpc) is 2.54. The molecule has 0 radical (unpaired) electrons. The summed E-state index contributed by atoms with van der Waals surface area (Å²) >= 11 is 0. The third-order valence-corrected chi connectivity index (χ3v) is 2.58. The molecular formula is C12H8ClNO2. The Balaban J connectivity index is 0.000000963. The second kappa shape index (κ2) is 3.68. The molecule has 1 aromatic rings. The van der Waals surface area contributed by atoms with Crippen molar-refractivity contribution in [3.63, 3.8) is 0 Å². The number of nitrogens with zero attached hydrogens (tertiary/aromatic N) is 1. The predicted molar refractivity (Wildman–Crippen MR) is 60.6 cm³/mol. The molecule has 0 saturated carbocycles. The molecule has 0 saturated heterocycles. The number of hydrogen-bond acceptors (Lipinski definition) is 3. The van der Waals surface area contributed by atoms with Gasteiger partial charge in [-0.2, -0.15) is 0 Å². The van der Waals surface area contributed by atoms with Crippen molar-refractivity contribution in [1.29, 1.82) is 0 Å². The molecule has 16 heavy (non-hydrogen) atoms. The van der Waals surface area contributed by atoms with Gasteiger partial charge in [0.1, 0.15) is 0 Å². The van der Waals surface area contributed by atoms with E-state index in [4.69, 9.17) is 0 Å². The number of benzene rings is 1. The van der Waals surface area contributed by atoms with Gasteiger partial charge in [0.15, 0.2) is 11.6 Å². The van der Waals surface area contributed by atoms with Gasteiger partial charge in [-0.05, 0) is 6.07 Å². The summed E-state index contributed by atoms with van der Waals surface area (Å²) in [6.07, 6.45) is 1.43. The molecule has 0 bridgehead atoms. The van der Waals surface area contributed by atoms with Crippen LogP contribution in [0.15, 0.2) is 41.0 Å². The smallest absolute Gasteiger partial charge is 0.173 e. The van der Waals surface area contributed by atoms with Crippen LogP contribution in [0.3, 0.4) is 0 Å². The second-order valence-electron chi connectivity index (χ2n) is 3.60. The number of allylic oxidation sites excluding steroid dienone is 2. The van der Waals surface area contributed by atoms with Crippen LogP contribution in [-0.2, 0) is 9.59 Å². The van der Waals surface area contributed by atoms with E-state index in [0.29, 0.717) is 11.3 Å². The Morgan fingerprint density at radius 3 is 2.69 bits per heavy atom. The molecule has 3 nitrogen and oxygen atoms in total. The van der Waals surface area contributed by atoms with Gasteiger partial charge in [-0.3, -0.25) is 9.59 Å². The van der Waals surface area contributed by atoms with Crippen molar-refractivity contribution in [3.05, 3.63) is 46.6 Å². The lowest BCUT2D eigenvalue weighted by Gasteiger charge is -2.07. The van der Waals surface area contributed by atoms with Crippen LogP contribution in [0.25, 0.3) is 5.57 Å². The molecular weight excluding hydrogens is 226 g/mol. The van der Waals surface area contributed by atoms with Crippen LogP contribution in [-0.4, -0.2) is 11.6 Å². The summed E-state index contributed by atoms with van der Waals surface area (Å²) in [5.41, 5.74) is 1.13. The number of rotatable bonds is 0. The van der Waals surface area contributed by atoms with E-state index in [1.807, 2.05) is 24.3 Å². The van der Waals surface area contributed by atoms with Crippen molar-refractivity contribution in [2.75, 3.05) is 0 Å². The average molecular weight is 234 g/mol. The molecule has 0 N–H and O–H groups in total. The van der Waals surface area contributed by atoms with Gasteiger partial charge < -0.3 is 0 Å². The quantitative estimate of drug-likeness (QED) is 0.606. The number of carbonyl (C=O) groups is 2. The largest absolute Gasteiger partial charge is 0.294 e. The molecule has 0 atom stereocenters. The SMILES string of the molecule is Cl.O=C1C=C2N=c3ccccc3=C2C(=O)C1. The number of ketones is 2. The maximum Gasteiger partial charge on any atom is 0.173 e. The minimum atomic E-state index is -0.157. The number of halogens is 1. The van der Waals surface area contributed by atoms with E-state index in [1.165, 1.54) is 6.08 Å². The summed E-state index contributed by atoms with van der Waals surface area (Å²) in [7, 11) is 0. The summed E-state index contributed by atoms with van der Waals surface area (Å²) in [6.45, 7) is 0. The molecule has 0 spiro atoms. The summed E-state index contributed by atoms with van der Waals surface area (Å²) in [6, 6.07) is 7.45. The van der Waals surface area contributed by atoms with Crippen LogP contribution in [0, 0.1) is 0 Å². The highest BCUT2D eigenvalue weighted by Gasteiger charge is 2.26. The lowest BCUT2D eigenvalue weighted by atomic mass is 9.96. The Kier molecular flexibility index (Phi) is 2.48. The van der Waals surface area contributed by atoms with Gasteiger partial charge in [0.05, 0.1) is 23.0 Å². The van der Waals surface area contributed by atoms with E-state index >= 15 is 0 Å². The van der Waals surface area contributed by atoms with Crippen molar-refractivity contribution >= 4 is 29.5 Å². The Morgan fingerprint density at radius 1 is 1.12 bits per heavy atom. The van der Waals surface area contributed by atoms with E-state index in [9.17, 15) is 9.59 Å². The molecule has 1 aliphatic heterocycles. The Bertz CT molecular complexity index is 643. The molecule has 0 aromatic heterocycles. The van der Waals surface area contributed by atoms with Crippen molar-refractivity contribution in [1.82, 2.24) is 0 Å². The minimum Gasteiger partial charge on any atom is -0.294 e. The molecule has 0 amide bonds. The van der Waals surface area contributed by atoms with E-state index in [-0.39, 0.29) is 30.4 Å². The Hall–Kier alpha value is -1.74. The summed E-state index contributed by atoms with van der Waals surface area (Å²) in [5, 5.41) is 1.63. The monoisotopic (exact) mass is 233 g/mol. The van der Waals surface area contributed by atoms with Crippen LogP contribution in [0.4, 0.5) is 0 Å². The van der Waals surface area contributed by atoms with Crippen LogP contribution in [0.2, 0.25) is 0 Å². The van der Waals surface area contributed by atoms with E-state index in [2.05, 4.69) is 4.99 Å². The number of Topliss-reactive ketones (excluding diaryl/α,β-unsaturated/α-hetero) is 1. The van der Waals surface area contributed by atoms with Gasteiger partial charge in [0.25, 0.3) is 0 Å². The number of carbonyl (C=O) groups excluding carboxylic acids is 2. The van der Waals surface area contributed by atoms with Crippen LogP contribution in [0.1, 0.15) is 6.42 Å². The normalized spacial score (nSPS) is 17.0. The second-order valence-corrected chi connectivity index (χ2v) is 3.60. The zero-order valence-corrected chi connectivity index (χ0v) is 9.08. The first-order valence-electron chi connectivity index (χ1n) is 4.72. The van der Waals surface area contributed by atoms with Gasteiger partial charge in [-0.15, -0.1) is 12.4 Å². The number of hydrogen-bond donors (Lipinski definition) is 0. The van der Waals surface area contributed by atoms with Crippen molar-refractivity contribution in [2.24, 2.45) is 4.99 Å². The molecule has 1 aliphatic carbocycles. The molecule has 3 rings (SSSR count). The van der Waals surface area contributed by atoms with Crippen LogP contribution >= 0.6 is 12.4 Å². The fourth-order valence-corrected chi connectivity index (χ4v) is 1.95. The summed E-state index contributed by atoms with van der Waals surface area (Å²) < 4.78 is 0.